The molecule has 3 aromatic carbocycles. The summed E-state index contributed by atoms with van der Waals surface area (Å²) in [5.41, 5.74) is 3.47. The van der Waals surface area contributed by atoms with Gasteiger partial charge in [0.15, 0.2) is 0 Å². The number of benzene rings is 3. The van der Waals surface area contributed by atoms with Crippen LogP contribution in [-0.2, 0) is 11.2 Å². The second-order valence-electron chi connectivity index (χ2n) is 7.61. The summed E-state index contributed by atoms with van der Waals surface area (Å²) in [6.07, 6.45) is 1.85. The summed E-state index contributed by atoms with van der Waals surface area (Å²) in [5, 5.41) is 5.16. The molecule has 2 amide bonds. The summed E-state index contributed by atoms with van der Waals surface area (Å²) in [4.78, 5) is 27.1. The lowest BCUT2D eigenvalue weighted by Gasteiger charge is -2.31. The first-order valence-corrected chi connectivity index (χ1v) is 9.77. The van der Waals surface area contributed by atoms with Gasteiger partial charge in [-0.05, 0) is 59.5 Å². The number of fused-ring (bicyclic) bond motifs is 2. The molecule has 0 fully saturated rings. The van der Waals surface area contributed by atoms with Crippen molar-refractivity contribution in [3.8, 4) is 0 Å². The molecule has 0 unspecified atom stereocenters. The van der Waals surface area contributed by atoms with Crippen LogP contribution in [-0.4, -0.2) is 18.4 Å². The van der Waals surface area contributed by atoms with Crippen LogP contribution in [0.3, 0.4) is 0 Å². The van der Waals surface area contributed by atoms with E-state index in [0.29, 0.717) is 5.56 Å². The van der Waals surface area contributed by atoms with Crippen molar-refractivity contribution in [1.82, 2.24) is 0 Å². The number of aryl methyl sites for hydroxylation is 1. The minimum atomic E-state index is -0.128. The Bertz CT molecular complexity index is 1060. The molecule has 0 atom stereocenters. The SMILES string of the molecule is CC(C)C(=O)N1CCCc2cc(NC(=O)c3ccc4ccccc4c3)ccc21. The molecule has 0 radical (unpaired) electrons. The number of carbonyl (C=O) groups is 2. The molecule has 28 heavy (non-hydrogen) atoms. The normalized spacial score (nSPS) is 13.5. The Hall–Kier alpha value is -3.14. The fourth-order valence-electron chi connectivity index (χ4n) is 3.75. The van der Waals surface area contributed by atoms with Gasteiger partial charge < -0.3 is 10.2 Å². The van der Waals surface area contributed by atoms with Gasteiger partial charge in [0.05, 0.1) is 0 Å². The minimum absolute atomic E-state index is 0.0294. The summed E-state index contributed by atoms with van der Waals surface area (Å²) in [7, 11) is 0. The van der Waals surface area contributed by atoms with E-state index in [-0.39, 0.29) is 17.7 Å². The first-order chi connectivity index (χ1) is 13.5. The van der Waals surface area contributed by atoms with Crippen LogP contribution in [0.25, 0.3) is 10.8 Å². The third kappa shape index (κ3) is 3.50. The van der Waals surface area contributed by atoms with Gasteiger partial charge in [0, 0.05) is 29.4 Å². The first-order valence-electron chi connectivity index (χ1n) is 9.77. The molecule has 1 aliphatic rings. The highest BCUT2D eigenvalue weighted by atomic mass is 16.2. The fourth-order valence-corrected chi connectivity index (χ4v) is 3.75. The third-order valence-electron chi connectivity index (χ3n) is 5.23. The monoisotopic (exact) mass is 372 g/mol. The molecule has 0 spiro atoms. The number of carbonyl (C=O) groups excluding carboxylic acids is 2. The van der Waals surface area contributed by atoms with E-state index in [9.17, 15) is 9.59 Å². The highest BCUT2D eigenvalue weighted by molar-refractivity contribution is 6.06. The first kappa shape index (κ1) is 18.2. The van der Waals surface area contributed by atoms with Gasteiger partial charge in [-0.2, -0.15) is 0 Å². The highest BCUT2D eigenvalue weighted by Gasteiger charge is 2.24. The number of hydrogen-bond acceptors (Lipinski definition) is 2. The van der Waals surface area contributed by atoms with Crippen LogP contribution in [0.5, 0.6) is 0 Å². The van der Waals surface area contributed by atoms with E-state index in [0.717, 1.165) is 47.1 Å². The van der Waals surface area contributed by atoms with Gasteiger partial charge in [0.25, 0.3) is 5.91 Å². The number of rotatable bonds is 3. The van der Waals surface area contributed by atoms with Crippen molar-refractivity contribution in [3.05, 3.63) is 71.8 Å². The van der Waals surface area contributed by atoms with Crippen LogP contribution in [0.4, 0.5) is 11.4 Å². The van der Waals surface area contributed by atoms with Gasteiger partial charge in [0.2, 0.25) is 5.91 Å². The molecule has 0 aliphatic carbocycles. The average molecular weight is 372 g/mol. The second-order valence-corrected chi connectivity index (χ2v) is 7.61. The fraction of sp³-hybridized carbons (Fsp3) is 0.250. The Morgan fingerprint density at radius 1 is 0.964 bits per heavy atom. The van der Waals surface area contributed by atoms with Crippen molar-refractivity contribution >= 4 is 34.0 Å². The van der Waals surface area contributed by atoms with Crippen molar-refractivity contribution in [3.63, 3.8) is 0 Å². The van der Waals surface area contributed by atoms with Crippen molar-refractivity contribution in [2.24, 2.45) is 5.92 Å². The van der Waals surface area contributed by atoms with E-state index >= 15 is 0 Å². The maximum atomic E-state index is 12.7. The van der Waals surface area contributed by atoms with Crippen molar-refractivity contribution in [2.45, 2.75) is 26.7 Å². The Balaban J connectivity index is 1.56. The summed E-state index contributed by atoms with van der Waals surface area (Å²) >= 11 is 0. The number of amides is 2. The number of hydrogen-bond donors (Lipinski definition) is 1. The van der Waals surface area contributed by atoms with Gasteiger partial charge in [0.1, 0.15) is 0 Å². The molecular weight excluding hydrogens is 348 g/mol. The van der Waals surface area contributed by atoms with Crippen molar-refractivity contribution in [2.75, 3.05) is 16.8 Å². The molecule has 0 bridgehead atoms. The Morgan fingerprint density at radius 2 is 1.75 bits per heavy atom. The molecule has 1 heterocycles. The van der Waals surface area contributed by atoms with Crippen LogP contribution in [0.2, 0.25) is 0 Å². The van der Waals surface area contributed by atoms with Crippen LogP contribution in [0.1, 0.15) is 36.2 Å². The van der Waals surface area contributed by atoms with Crippen LogP contribution < -0.4 is 10.2 Å². The quantitative estimate of drug-likeness (QED) is 0.701. The largest absolute Gasteiger partial charge is 0.322 e. The van der Waals surface area contributed by atoms with Crippen LogP contribution in [0, 0.1) is 5.92 Å². The molecular formula is C24H24N2O2. The molecule has 4 nitrogen and oxygen atoms in total. The van der Waals surface area contributed by atoms with E-state index in [1.54, 1.807) is 0 Å². The zero-order valence-corrected chi connectivity index (χ0v) is 16.2. The Kier molecular flexibility index (Phi) is 4.86. The topological polar surface area (TPSA) is 49.4 Å². The lowest BCUT2D eigenvalue weighted by atomic mass is 9.99. The molecule has 0 saturated carbocycles. The molecule has 0 saturated heterocycles. The maximum Gasteiger partial charge on any atom is 0.255 e. The predicted octanol–water partition coefficient (Wildman–Crippen LogP) is 5.03. The Morgan fingerprint density at radius 3 is 2.54 bits per heavy atom. The lowest BCUT2D eigenvalue weighted by molar-refractivity contribution is -0.121. The van der Waals surface area contributed by atoms with Gasteiger partial charge >= 0.3 is 0 Å². The minimum Gasteiger partial charge on any atom is -0.322 e. The summed E-state index contributed by atoms with van der Waals surface area (Å²) in [6.45, 7) is 4.61. The van der Waals surface area contributed by atoms with E-state index in [4.69, 9.17) is 0 Å². The predicted molar refractivity (Wildman–Crippen MR) is 114 cm³/mol. The standard InChI is InChI=1S/C24H24N2O2/c1-16(2)24(28)26-13-5-8-19-15-21(11-12-22(19)26)25-23(27)20-10-9-17-6-3-4-7-18(17)14-20/h3-4,6-7,9-12,14-16H,5,8,13H2,1-2H3,(H,25,27). The Labute approximate surface area is 165 Å². The highest BCUT2D eigenvalue weighted by Crippen LogP contribution is 2.31. The van der Waals surface area contributed by atoms with Crippen LogP contribution in [0.15, 0.2) is 60.7 Å². The molecule has 142 valence electrons. The van der Waals surface area contributed by atoms with Gasteiger partial charge in [-0.25, -0.2) is 0 Å². The van der Waals surface area contributed by atoms with Gasteiger partial charge in [-0.3, -0.25) is 9.59 Å². The smallest absolute Gasteiger partial charge is 0.255 e. The van der Waals surface area contributed by atoms with Gasteiger partial charge in [-0.15, -0.1) is 0 Å². The van der Waals surface area contributed by atoms with Crippen molar-refractivity contribution in [1.29, 1.82) is 0 Å². The van der Waals surface area contributed by atoms with Crippen LogP contribution >= 0.6 is 0 Å². The third-order valence-corrected chi connectivity index (χ3v) is 5.23. The van der Waals surface area contributed by atoms with E-state index in [1.807, 2.05) is 79.4 Å². The molecule has 3 aromatic rings. The zero-order valence-electron chi connectivity index (χ0n) is 16.2. The molecule has 1 aliphatic heterocycles. The van der Waals surface area contributed by atoms with Gasteiger partial charge in [-0.1, -0.05) is 44.2 Å². The molecule has 0 aromatic heterocycles. The summed E-state index contributed by atoms with van der Waals surface area (Å²) in [5.74, 6) is -0.0104. The average Bonchev–Trinajstić information content (AvgIpc) is 2.72. The maximum absolute atomic E-state index is 12.7. The number of nitrogens with zero attached hydrogens (tertiary/aromatic N) is 1. The van der Waals surface area contributed by atoms with E-state index in [2.05, 4.69) is 5.32 Å². The number of nitrogens with one attached hydrogen (secondary N) is 1. The molecule has 4 rings (SSSR count). The second kappa shape index (κ2) is 7.47. The number of anilines is 2. The zero-order chi connectivity index (χ0) is 19.7. The molecule has 1 N–H and O–H groups in total. The lowest BCUT2D eigenvalue weighted by Crippen LogP contribution is -2.38. The molecule has 4 heteroatoms. The van der Waals surface area contributed by atoms with E-state index < -0.39 is 0 Å². The van der Waals surface area contributed by atoms with Crippen molar-refractivity contribution < 1.29 is 9.59 Å². The summed E-state index contributed by atoms with van der Waals surface area (Å²) < 4.78 is 0. The summed E-state index contributed by atoms with van der Waals surface area (Å²) in [6, 6.07) is 19.5. The van der Waals surface area contributed by atoms with E-state index in [1.165, 1.54) is 0 Å².